The maximum Gasteiger partial charge on any atom is 0.401 e. The molecule has 0 saturated heterocycles. The largest absolute Gasteiger partial charge is 0.401 e. The summed E-state index contributed by atoms with van der Waals surface area (Å²) in [6.45, 7) is -0.0117. The third-order valence-electron chi connectivity index (χ3n) is 2.40. The van der Waals surface area contributed by atoms with Crippen molar-refractivity contribution in [1.82, 2.24) is 20.2 Å². The number of aromatic nitrogens is 4. The van der Waals surface area contributed by atoms with Crippen molar-refractivity contribution in [2.75, 3.05) is 6.54 Å². The lowest BCUT2D eigenvalue weighted by molar-refractivity contribution is -0.129. The first-order valence-corrected chi connectivity index (χ1v) is 6.11. The number of hydrogen-bond acceptors (Lipinski definition) is 5. The van der Waals surface area contributed by atoms with E-state index < -0.39 is 11.4 Å². The Kier molecular flexibility index (Phi) is 3.57. The first-order valence-electron chi connectivity index (χ1n) is 5.23. The summed E-state index contributed by atoms with van der Waals surface area (Å²) in [6.07, 6.45) is -2.57. The third kappa shape index (κ3) is 3.09. The van der Waals surface area contributed by atoms with E-state index in [4.69, 9.17) is 5.73 Å². The summed E-state index contributed by atoms with van der Waals surface area (Å²) >= 11 is 0.644. The highest BCUT2D eigenvalue weighted by Crippen LogP contribution is 2.40. The first-order chi connectivity index (χ1) is 8.02. The number of halogens is 3. The van der Waals surface area contributed by atoms with Crippen LogP contribution in [0.2, 0.25) is 0 Å². The Morgan fingerprint density at radius 3 is 2.71 bits per heavy atom. The minimum Gasteiger partial charge on any atom is -0.330 e. The van der Waals surface area contributed by atoms with Crippen LogP contribution in [0.4, 0.5) is 13.2 Å². The van der Waals surface area contributed by atoms with Gasteiger partial charge in [-0.15, -0.1) is 5.10 Å². The second-order valence-corrected chi connectivity index (χ2v) is 5.03. The predicted molar refractivity (Wildman–Crippen MR) is 55.5 cm³/mol. The highest BCUT2D eigenvalue weighted by atomic mass is 32.2. The van der Waals surface area contributed by atoms with E-state index in [1.165, 1.54) is 4.68 Å². The minimum absolute atomic E-state index is 0.0117. The molecule has 0 radical (unpaired) electrons. The number of thioether (sulfide) groups is 1. The van der Waals surface area contributed by atoms with Gasteiger partial charge in [-0.25, -0.2) is 4.68 Å². The zero-order valence-corrected chi connectivity index (χ0v) is 9.71. The summed E-state index contributed by atoms with van der Waals surface area (Å²) in [5.74, 6) is 0. The van der Waals surface area contributed by atoms with E-state index in [1.807, 2.05) is 0 Å². The molecule has 5 nitrogen and oxygen atoms in total. The Morgan fingerprint density at radius 1 is 1.47 bits per heavy atom. The predicted octanol–water partition coefficient (Wildman–Crippen LogP) is 1.38. The minimum atomic E-state index is -4.29. The number of hydrogen-bond donors (Lipinski definition) is 1. The van der Waals surface area contributed by atoms with Gasteiger partial charge in [0.2, 0.25) is 5.16 Å². The molecule has 1 aromatic heterocycles. The van der Waals surface area contributed by atoms with Crippen molar-refractivity contribution in [1.29, 1.82) is 0 Å². The topological polar surface area (TPSA) is 69.6 Å². The summed E-state index contributed by atoms with van der Waals surface area (Å²) in [7, 11) is 0. The van der Waals surface area contributed by atoms with E-state index in [0.29, 0.717) is 11.8 Å². The summed E-state index contributed by atoms with van der Waals surface area (Å²) in [5, 5.41) is 9.45. The molecule has 1 fully saturated rings. The van der Waals surface area contributed by atoms with Crippen LogP contribution < -0.4 is 5.73 Å². The van der Waals surface area contributed by atoms with Crippen molar-refractivity contribution >= 4 is 11.8 Å². The van der Waals surface area contributed by atoms with Crippen LogP contribution in [0.15, 0.2) is 5.16 Å². The highest BCUT2D eigenvalue weighted by molar-refractivity contribution is 7.99. The van der Waals surface area contributed by atoms with Crippen LogP contribution >= 0.6 is 11.8 Å². The van der Waals surface area contributed by atoms with Gasteiger partial charge in [-0.2, -0.15) is 13.2 Å². The Hall–Kier alpha value is -0.830. The molecule has 1 aliphatic carbocycles. The molecule has 1 aliphatic rings. The molecule has 2 rings (SSSR count). The molecule has 0 bridgehead atoms. The van der Waals surface area contributed by atoms with Crippen molar-refractivity contribution in [3.8, 4) is 0 Å². The molecule has 0 aliphatic heterocycles. The van der Waals surface area contributed by atoms with Crippen molar-refractivity contribution in [2.24, 2.45) is 5.73 Å². The van der Waals surface area contributed by atoms with Gasteiger partial charge in [-0.3, -0.25) is 0 Å². The summed E-state index contributed by atoms with van der Waals surface area (Å²) in [4.78, 5) is 0. The smallest absolute Gasteiger partial charge is 0.330 e. The number of nitrogens with zero attached hydrogens (tertiary/aromatic N) is 4. The van der Waals surface area contributed by atoms with Gasteiger partial charge >= 0.3 is 6.18 Å². The highest BCUT2D eigenvalue weighted by Gasteiger charge is 2.41. The number of tetrazole rings is 1. The Balaban J connectivity index is 2.08. The lowest BCUT2D eigenvalue weighted by atomic mass is 10.3. The zero-order chi connectivity index (χ0) is 12.5. The molecule has 1 aromatic rings. The molecule has 9 heteroatoms. The summed E-state index contributed by atoms with van der Waals surface area (Å²) in [6, 6.07) is 0.166. The van der Waals surface area contributed by atoms with Crippen LogP contribution in [-0.2, 0) is 0 Å². The van der Waals surface area contributed by atoms with Crippen molar-refractivity contribution in [3.05, 3.63) is 0 Å². The lowest BCUT2D eigenvalue weighted by Gasteiger charge is -2.18. The van der Waals surface area contributed by atoms with E-state index in [1.54, 1.807) is 0 Å². The van der Waals surface area contributed by atoms with E-state index in [9.17, 15) is 13.2 Å². The van der Waals surface area contributed by atoms with Gasteiger partial charge in [0.15, 0.2) is 0 Å². The first kappa shape index (κ1) is 12.6. The van der Waals surface area contributed by atoms with E-state index in [0.717, 1.165) is 12.8 Å². The molecule has 0 aromatic carbocycles. The van der Waals surface area contributed by atoms with Gasteiger partial charge in [-0.1, -0.05) is 11.8 Å². The zero-order valence-electron chi connectivity index (χ0n) is 8.89. The average Bonchev–Trinajstić information content (AvgIpc) is 2.98. The van der Waals surface area contributed by atoms with Gasteiger partial charge in [0, 0.05) is 0 Å². The number of rotatable bonds is 5. The van der Waals surface area contributed by atoms with Crippen LogP contribution in [-0.4, -0.2) is 38.2 Å². The molecule has 1 saturated carbocycles. The second-order valence-electron chi connectivity index (χ2n) is 3.86. The third-order valence-corrected chi connectivity index (χ3v) is 3.66. The second kappa shape index (κ2) is 4.81. The van der Waals surface area contributed by atoms with Crippen molar-refractivity contribution in [3.63, 3.8) is 0 Å². The average molecular weight is 267 g/mol. The lowest BCUT2D eigenvalue weighted by Crippen LogP contribution is -2.28. The van der Waals surface area contributed by atoms with Gasteiger partial charge in [0.1, 0.15) is 5.25 Å². The van der Waals surface area contributed by atoms with Crippen LogP contribution in [0.1, 0.15) is 25.3 Å². The quantitative estimate of drug-likeness (QED) is 0.816. The van der Waals surface area contributed by atoms with Crippen LogP contribution in [0.5, 0.6) is 0 Å². The number of nitrogens with two attached hydrogens (primary N) is 1. The summed E-state index contributed by atoms with van der Waals surface area (Å²) < 4.78 is 39.6. The van der Waals surface area contributed by atoms with Gasteiger partial charge in [0.25, 0.3) is 0 Å². The fraction of sp³-hybridized carbons (Fsp3) is 0.875. The Morgan fingerprint density at radius 2 is 2.18 bits per heavy atom. The summed E-state index contributed by atoms with van der Waals surface area (Å²) in [5.41, 5.74) is 5.19. The SMILES string of the molecule is NCCC(Sc1nnnn1C1CC1)C(F)(F)F. The van der Waals surface area contributed by atoms with E-state index >= 15 is 0 Å². The molecule has 0 amide bonds. The van der Waals surface area contributed by atoms with Crippen molar-refractivity contribution in [2.45, 2.75) is 41.9 Å². The van der Waals surface area contributed by atoms with Crippen LogP contribution in [0.3, 0.4) is 0 Å². The molecule has 1 atom stereocenters. The van der Waals surface area contributed by atoms with Crippen LogP contribution in [0, 0.1) is 0 Å². The molecule has 96 valence electrons. The molecule has 17 heavy (non-hydrogen) atoms. The molecule has 1 unspecified atom stereocenters. The molecule has 2 N–H and O–H groups in total. The van der Waals surface area contributed by atoms with Crippen molar-refractivity contribution < 1.29 is 13.2 Å². The van der Waals surface area contributed by atoms with Gasteiger partial charge in [0.05, 0.1) is 6.04 Å². The molecular weight excluding hydrogens is 255 g/mol. The fourth-order valence-electron chi connectivity index (χ4n) is 1.38. The maximum atomic E-state index is 12.7. The van der Waals surface area contributed by atoms with E-state index in [-0.39, 0.29) is 24.2 Å². The standard InChI is InChI=1S/C8H12F3N5S/c9-8(10,11)6(3-4-12)17-7-13-14-15-16(7)5-1-2-5/h5-6H,1-4,12H2. The molecular formula is C8H12F3N5S. The maximum absolute atomic E-state index is 12.7. The Bertz CT molecular complexity index is 375. The monoisotopic (exact) mass is 267 g/mol. The van der Waals surface area contributed by atoms with E-state index in [2.05, 4.69) is 15.5 Å². The van der Waals surface area contributed by atoms with Gasteiger partial charge < -0.3 is 5.73 Å². The number of alkyl halides is 3. The Labute approximate surface area is 99.9 Å². The molecule has 0 spiro atoms. The van der Waals surface area contributed by atoms with Gasteiger partial charge in [-0.05, 0) is 36.2 Å². The van der Waals surface area contributed by atoms with Crippen LogP contribution in [0.25, 0.3) is 0 Å². The normalized spacial score (nSPS) is 18.4. The molecule has 1 heterocycles. The fourth-order valence-corrected chi connectivity index (χ4v) is 2.40.